The number of carbonyl (C=O) groups excluding carboxylic acids is 1. The number of amides is 1. The minimum absolute atomic E-state index is 0.0265. The molecule has 0 unspecified atom stereocenters. The van der Waals surface area contributed by atoms with Gasteiger partial charge in [0.1, 0.15) is 11.4 Å². The van der Waals surface area contributed by atoms with E-state index in [1.807, 2.05) is 39.8 Å². The second-order valence-corrected chi connectivity index (χ2v) is 12.9. The predicted octanol–water partition coefficient (Wildman–Crippen LogP) is 5.76. The van der Waals surface area contributed by atoms with Crippen LogP contribution < -0.4 is 4.31 Å². The van der Waals surface area contributed by atoms with Gasteiger partial charge in [0.15, 0.2) is 0 Å². The molecule has 1 aliphatic rings. The molecule has 0 bridgehead atoms. The Balaban J connectivity index is 1.37. The van der Waals surface area contributed by atoms with E-state index in [1.54, 1.807) is 53.4 Å². The molecular formula is C30H36FN3O4S. The van der Waals surface area contributed by atoms with E-state index in [0.29, 0.717) is 18.8 Å². The van der Waals surface area contributed by atoms with Gasteiger partial charge >= 0.3 is 6.09 Å². The largest absolute Gasteiger partial charge is 0.444 e. The summed E-state index contributed by atoms with van der Waals surface area (Å²) in [5.74, 6) is -0.319. The smallest absolute Gasteiger partial charge is 0.410 e. The van der Waals surface area contributed by atoms with Gasteiger partial charge in [-0.05, 0) is 80.8 Å². The van der Waals surface area contributed by atoms with Crippen LogP contribution in [-0.4, -0.2) is 62.6 Å². The Hall–Kier alpha value is -3.43. The Kier molecular flexibility index (Phi) is 8.32. The monoisotopic (exact) mass is 553 g/mol. The summed E-state index contributed by atoms with van der Waals surface area (Å²) >= 11 is 0. The number of halogens is 1. The lowest BCUT2D eigenvalue weighted by Crippen LogP contribution is -2.54. The molecule has 7 nitrogen and oxygen atoms in total. The van der Waals surface area contributed by atoms with Crippen LogP contribution in [0.1, 0.15) is 33.3 Å². The van der Waals surface area contributed by atoms with E-state index < -0.39 is 15.6 Å². The first kappa shape index (κ1) is 28.6. The van der Waals surface area contributed by atoms with Crippen molar-refractivity contribution in [1.29, 1.82) is 0 Å². The molecule has 208 valence electrons. The third-order valence-electron chi connectivity index (χ3n) is 6.74. The van der Waals surface area contributed by atoms with Gasteiger partial charge in [0.25, 0.3) is 10.0 Å². The summed E-state index contributed by atoms with van der Waals surface area (Å²) in [5, 5.41) is 0. The molecule has 1 saturated heterocycles. The van der Waals surface area contributed by atoms with Crippen molar-refractivity contribution in [3.63, 3.8) is 0 Å². The Morgan fingerprint density at radius 2 is 1.51 bits per heavy atom. The third kappa shape index (κ3) is 6.96. The van der Waals surface area contributed by atoms with Crippen LogP contribution in [0.2, 0.25) is 0 Å². The zero-order valence-corrected chi connectivity index (χ0v) is 23.9. The molecule has 0 radical (unpaired) electrons. The number of rotatable bonds is 6. The summed E-state index contributed by atoms with van der Waals surface area (Å²) in [6.07, 6.45) is -0.284. The van der Waals surface area contributed by atoms with E-state index in [2.05, 4.69) is 4.90 Å². The highest BCUT2D eigenvalue weighted by atomic mass is 32.2. The lowest BCUT2D eigenvalue weighted by molar-refractivity contribution is 0.000557. The van der Waals surface area contributed by atoms with Crippen LogP contribution in [0, 0.1) is 5.82 Å². The van der Waals surface area contributed by atoms with Crippen molar-refractivity contribution >= 4 is 21.8 Å². The number of hydrogen-bond donors (Lipinski definition) is 0. The van der Waals surface area contributed by atoms with Gasteiger partial charge in [0.05, 0.1) is 10.6 Å². The molecular weight excluding hydrogens is 517 g/mol. The fraction of sp³-hybridized carbons (Fsp3) is 0.367. The first-order valence-corrected chi connectivity index (χ1v) is 14.4. The summed E-state index contributed by atoms with van der Waals surface area (Å²) < 4.78 is 46.5. The van der Waals surface area contributed by atoms with Gasteiger partial charge in [-0.25, -0.2) is 17.6 Å². The maximum atomic E-state index is 13.3. The number of nitrogens with zero attached hydrogens (tertiary/aromatic N) is 3. The molecule has 1 heterocycles. The van der Waals surface area contributed by atoms with Crippen LogP contribution in [0.15, 0.2) is 77.7 Å². The molecule has 4 rings (SSSR count). The maximum Gasteiger partial charge on any atom is 0.410 e. The van der Waals surface area contributed by atoms with Gasteiger partial charge in [-0.15, -0.1) is 0 Å². The van der Waals surface area contributed by atoms with Crippen molar-refractivity contribution in [2.24, 2.45) is 0 Å². The Labute approximate surface area is 230 Å². The fourth-order valence-corrected chi connectivity index (χ4v) is 5.79. The fourth-order valence-electron chi connectivity index (χ4n) is 4.60. The zero-order chi connectivity index (χ0) is 28.4. The highest BCUT2D eigenvalue weighted by molar-refractivity contribution is 7.92. The first-order chi connectivity index (χ1) is 18.3. The van der Waals surface area contributed by atoms with Crippen molar-refractivity contribution in [1.82, 2.24) is 9.80 Å². The molecule has 0 aliphatic carbocycles. The summed E-state index contributed by atoms with van der Waals surface area (Å²) in [7, 11) is -2.22. The molecule has 0 aromatic heterocycles. The van der Waals surface area contributed by atoms with E-state index in [4.69, 9.17) is 4.74 Å². The Morgan fingerprint density at radius 3 is 2.05 bits per heavy atom. The van der Waals surface area contributed by atoms with Crippen LogP contribution in [-0.2, 0) is 21.3 Å². The van der Waals surface area contributed by atoms with E-state index in [-0.39, 0.29) is 22.8 Å². The standard InChI is InChI=1S/C30H36FN3O4S/c1-22-20-33(18-19-34(22)29(35)38-30(2,3)4)21-23-6-14-27(15-7-23)32(5)39(36,37)28-16-10-25(11-17-28)24-8-12-26(31)13-9-24/h6-17,22H,18-21H2,1-5H3/t22-/m0/s1. The van der Waals surface area contributed by atoms with Crippen LogP contribution in [0.3, 0.4) is 0 Å². The molecule has 0 spiro atoms. The summed E-state index contributed by atoms with van der Waals surface area (Å²) in [6.45, 7) is 10.4. The van der Waals surface area contributed by atoms with Gasteiger partial charge in [-0.1, -0.05) is 36.4 Å². The zero-order valence-electron chi connectivity index (χ0n) is 23.1. The van der Waals surface area contributed by atoms with Crippen molar-refractivity contribution < 1.29 is 22.3 Å². The second kappa shape index (κ2) is 11.4. The van der Waals surface area contributed by atoms with Gasteiger partial charge in [0, 0.05) is 39.3 Å². The average Bonchev–Trinajstić information content (AvgIpc) is 2.88. The number of benzene rings is 3. The number of ether oxygens (including phenoxy) is 1. The maximum absolute atomic E-state index is 13.3. The average molecular weight is 554 g/mol. The minimum atomic E-state index is -3.76. The quantitative estimate of drug-likeness (QED) is 0.388. The SMILES string of the molecule is C[C@H]1CN(Cc2ccc(N(C)S(=O)(=O)c3ccc(-c4ccc(F)cc4)cc3)cc2)CCN1C(=O)OC(C)(C)C. The van der Waals surface area contributed by atoms with E-state index in [1.165, 1.54) is 23.5 Å². The van der Waals surface area contributed by atoms with Gasteiger partial charge in [0.2, 0.25) is 0 Å². The summed E-state index contributed by atoms with van der Waals surface area (Å²) in [6, 6.07) is 20.2. The topological polar surface area (TPSA) is 70.2 Å². The Morgan fingerprint density at radius 1 is 0.949 bits per heavy atom. The molecule has 0 N–H and O–H groups in total. The van der Waals surface area contributed by atoms with Crippen LogP contribution in [0.5, 0.6) is 0 Å². The normalized spacial score (nSPS) is 16.7. The van der Waals surface area contributed by atoms with E-state index in [9.17, 15) is 17.6 Å². The third-order valence-corrected chi connectivity index (χ3v) is 8.54. The van der Waals surface area contributed by atoms with Crippen LogP contribution in [0.4, 0.5) is 14.9 Å². The number of hydrogen-bond acceptors (Lipinski definition) is 5. The van der Waals surface area contributed by atoms with Crippen molar-refractivity contribution in [2.75, 3.05) is 31.0 Å². The predicted molar refractivity (Wildman–Crippen MR) is 152 cm³/mol. The lowest BCUT2D eigenvalue weighted by atomic mass is 10.1. The molecule has 1 amide bonds. The van der Waals surface area contributed by atoms with Crippen molar-refractivity contribution in [3.05, 3.63) is 84.2 Å². The second-order valence-electron chi connectivity index (χ2n) is 10.9. The van der Waals surface area contributed by atoms with E-state index >= 15 is 0 Å². The molecule has 39 heavy (non-hydrogen) atoms. The van der Waals surface area contributed by atoms with Gasteiger partial charge < -0.3 is 9.64 Å². The Bertz CT molecular complexity index is 1390. The van der Waals surface area contributed by atoms with Gasteiger partial charge in [-0.2, -0.15) is 0 Å². The lowest BCUT2D eigenvalue weighted by Gasteiger charge is -2.40. The van der Waals surface area contributed by atoms with Crippen LogP contribution >= 0.6 is 0 Å². The number of anilines is 1. The molecule has 1 atom stereocenters. The van der Waals surface area contributed by atoms with Crippen LogP contribution in [0.25, 0.3) is 11.1 Å². The van der Waals surface area contributed by atoms with Crippen molar-refractivity contribution in [3.8, 4) is 11.1 Å². The summed E-state index contributed by atoms with van der Waals surface area (Å²) in [5.41, 5.74) is 2.71. The molecule has 9 heteroatoms. The highest BCUT2D eigenvalue weighted by Crippen LogP contribution is 2.26. The summed E-state index contributed by atoms with van der Waals surface area (Å²) in [4.78, 5) is 16.7. The highest BCUT2D eigenvalue weighted by Gasteiger charge is 2.31. The van der Waals surface area contributed by atoms with E-state index in [0.717, 1.165) is 29.8 Å². The van der Waals surface area contributed by atoms with Gasteiger partial charge in [-0.3, -0.25) is 9.21 Å². The number of piperazine rings is 1. The number of sulfonamides is 1. The first-order valence-electron chi connectivity index (χ1n) is 13.0. The van der Waals surface area contributed by atoms with Crippen molar-refractivity contribution in [2.45, 2.75) is 50.8 Å². The molecule has 0 saturated carbocycles. The molecule has 1 aliphatic heterocycles. The molecule has 1 fully saturated rings. The minimum Gasteiger partial charge on any atom is -0.444 e. The number of carbonyl (C=O) groups is 1. The molecule has 3 aromatic rings. The molecule has 3 aromatic carbocycles.